The number of rotatable bonds is 5. The van der Waals surface area contributed by atoms with E-state index in [2.05, 4.69) is 20.4 Å². The Kier molecular flexibility index (Phi) is 4.51. The molecule has 1 aliphatic carbocycles. The molecule has 0 unspecified atom stereocenters. The number of carbonyl (C=O) groups excluding carboxylic acids is 1. The van der Waals surface area contributed by atoms with Crippen LogP contribution in [0.3, 0.4) is 0 Å². The Morgan fingerprint density at radius 1 is 1.31 bits per heavy atom. The van der Waals surface area contributed by atoms with Crippen molar-refractivity contribution in [1.82, 2.24) is 19.7 Å². The molecule has 0 radical (unpaired) electrons. The summed E-state index contributed by atoms with van der Waals surface area (Å²) in [6, 6.07) is 7.06. The zero-order valence-electron chi connectivity index (χ0n) is 14.7. The molecule has 3 aromatic heterocycles. The Balaban J connectivity index is 1.52. The monoisotopic (exact) mass is 351 g/mol. The van der Waals surface area contributed by atoms with Crippen molar-refractivity contribution in [2.45, 2.75) is 25.7 Å². The van der Waals surface area contributed by atoms with Gasteiger partial charge in [0.1, 0.15) is 5.69 Å². The van der Waals surface area contributed by atoms with Crippen LogP contribution in [0.2, 0.25) is 0 Å². The minimum Gasteiger partial charge on any atom is -0.475 e. The topological polar surface area (TPSA) is 81.9 Å². The molecule has 3 aromatic rings. The summed E-state index contributed by atoms with van der Waals surface area (Å²) in [5, 5.41) is 7.25. The minimum atomic E-state index is -0.272. The standard InChI is InChI=1S/C19H21N5O2/c1-24-16-10-14(22-18(25)15-8-4-5-9-20-15)11-21-17(16)19(23-24)26-12-13-6-2-3-7-13/h4-5,8-11,13H,2-3,6-7,12H2,1H3,(H,22,25). The Hall–Kier alpha value is -2.96. The molecular formula is C19H21N5O2. The highest BCUT2D eigenvalue weighted by Gasteiger charge is 2.18. The lowest BCUT2D eigenvalue weighted by atomic mass is 10.1. The van der Waals surface area contributed by atoms with E-state index in [4.69, 9.17) is 4.74 Å². The van der Waals surface area contributed by atoms with Gasteiger partial charge in [-0.05, 0) is 37.0 Å². The first-order valence-electron chi connectivity index (χ1n) is 8.88. The molecule has 1 fully saturated rings. The number of aromatic nitrogens is 4. The van der Waals surface area contributed by atoms with Crippen molar-refractivity contribution in [3.05, 3.63) is 42.4 Å². The molecule has 0 bridgehead atoms. The number of hydrogen-bond donors (Lipinski definition) is 1. The highest BCUT2D eigenvalue weighted by Crippen LogP contribution is 2.28. The van der Waals surface area contributed by atoms with Crippen molar-refractivity contribution in [3.8, 4) is 5.88 Å². The van der Waals surface area contributed by atoms with E-state index in [-0.39, 0.29) is 5.91 Å². The third-order valence-corrected chi connectivity index (χ3v) is 4.75. The van der Waals surface area contributed by atoms with Crippen molar-refractivity contribution in [3.63, 3.8) is 0 Å². The molecule has 1 amide bonds. The molecule has 134 valence electrons. The van der Waals surface area contributed by atoms with Gasteiger partial charge in [0.25, 0.3) is 11.8 Å². The van der Waals surface area contributed by atoms with Crippen LogP contribution in [0, 0.1) is 5.92 Å². The van der Waals surface area contributed by atoms with Gasteiger partial charge in [0, 0.05) is 13.2 Å². The first-order valence-corrected chi connectivity index (χ1v) is 8.88. The predicted octanol–water partition coefficient (Wildman–Crippen LogP) is 3.18. The first kappa shape index (κ1) is 16.5. The molecule has 1 N–H and O–H groups in total. The van der Waals surface area contributed by atoms with Crippen molar-refractivity contribution >= 4 is 22.6 Å². The predicted molar refractivity (Wildman–Crippen MR) is 98.2 cm³/mol. The van der Waals surface area contributed by atoms with Gasteiger partial charge in [-0.25, -0.2) is 4.98 Å². The van der Waals surface area contributed by atoms with E-state index in [1.54, 1.807) is 35.3 Å². The van der Waals surface area contributed by atoms with E-state index in [0.717, 1.165) is 5.52 Å². The maximum absolute atomic E-state index is 12.2. The van der Waals surface area contributed by atoms with Crippen molar-refractivity contribution < 1.29 is 9.53 Å². The maximum Gasteiger partial charge on any atom is 0.274 e. The zero-order chi connectivity index (χ0) is 17.9. The number of carbonyl (C=O) groups is 1. The molecule has 0 spiro atoms. The molecule has 0 aliphatic heterocycles. The summed E-state index contributed by atoms with van der Waals surface area (Å²) in [5.41, 5.74) is 2.48. The van der Waals surface area contributed by atoms with E-state index in [1.165, 1.54) is 25.7 Å². The van der Waals surface area contributed by atoms with Crippen LogP contribution in [-0.4, -0.2) is 32.3 Å². The Morgan fingerprint density at radius 2 is 2.15 bits per heavy atom. The lowest BCUT2D eigenvalue weighted by Gasteiger charge is -2.09. The number of hydrogen-bond acceptors (Lipinski definition) is 5. The number of pyridine rings is 2. The summed E-state index contributed by atoms with van der Waals surface area (Å²) in [4.78, 5) is 20.7. The summed E-state index contributed by atoms with van der Waals surface area (Å²) in [6.45, 7) is 0.686. The number of aryl methyl sites for hydroxylation is 1. The van der Waals surface area contributed by atoms with E-state index in [1.807, 2.05) is 13.1 Å². The Labute approximate surface area is 151 Å². The Bertz CT molecular complexity index is 916. The van der Waals surface area contributed by atoms with Crippen LogP contribution < -0.4 is 10.1 Å². The maximum atomic E-state index is 12.2. The van der Waals surface area contributed by atoms with Gasteiger partial charge in [0.2, 0.25) is 0 Å². The summed E-state index contributed by atoms with van der Waals surface area (Å²) < 4.78 is 7.65. The van der Waals surface area contributed by atoms with Gasteiger partial charge in [0.15, 0.2) is 5.52 Å². The van der Waals surface area contributed by atoms with Crippen LogP contribution in [0.25, 0.3) is 11.0 Å². The number of anilines is 1. The van der Waals surface area contributed by atoms with Gasteiger partial charge in [-0.15, -0.1) is 5.10 Å². The van der Waals surface area contributed by atoms with Crippen LogP contribution >= 0.6 is 0 Å². The Morgan fingerprint density at radius 3 is 2.92 bits per heavy atom. The largest absolute Gasteiger partial charge is 0.475 e. The molecule has 0 saturated heterocycles. The fourth-order valence-electron chi connectivity index (χ4n) is 3.33. The molecule has 7 heteroatoms. The number of nitrogens with zero attached hydrogens (tertiary/aromatic N) is 4. The van der Waals surface area contributed by atoms with Crippen LogP contribution in [0.1, 0.15) is 36.2 Å². The second-order valence-electron chi connectivity index (χ2n) is 6.65. The van der Waals surface area contributed by atoms with Crippen LogP contribution in [0.15, 0.2) is 36.7 Å². The van der Waals surface area contributed by atoms with Crippen molar-refractivity contribution in [1.29, 1.82) is 0 Å². The molecule has 0 aromatic carbocycles. The average Bonchev–Trinajstić information content (AvgIpc) is 3.29. The normalized spacial score (nSPS) is 14.7. The fourth-order valence-corrected chi connectivity index (χ4v) is 3.33. The SMILES string of the molecule is Cn1nc(OCC2CCCC2)c2ncc(NC(=O)c3ccccn3)cc21. The number of nitrogens with one attached hydrogen (secondary N) is 1. The minimum absolute atomic E-state index is 0.272. The summed E-state index contributed by atoms with van der Waals surface area (Å²) in [6.07, 6.45) is 8.23. The number of ether oxygens (including phenoxy) is 1. The second kappa shape index (κ2) is 7.11. The van der Waals surface area contributed by atoms with E-state index < -0.39 is 0 Å². The molecule has 1 aliphatic rings. The zero-order valence-corrected chi connectivity index (χ0v) is 14.7. The summed E-state index contributed by atoms with van der Waals surface area (Å²) in [5.74, 6) is 0.896. The lowest BCUT2D eigenvalue weighted by molar-refractivity contribution is 0.102. The van der Waals surface area contributed by atoms with Gasteiger partial charge in [-0.1, -0.05) is 18.9 Å². The smallest absolute Gasteiger partial charge is 0.274 e. The molecule has 7 nitrogen and oxygen atoms in total. The van der Waals surface area contributed by atoms with Gasteiger partial charge in [-0.2, -0.15) is 0 Å². The summed E-state index contributed by atoms with van der Waals surface area (Å²) >= 11 is 0. The van der Waals surface area contributed by atoms with E-state index in [9.17, 15) is 4.79 Å². The quantitative estimate of drug-likeness (QED) is 0.763. The van der Waals surface area contributed by atoms with Crippen LogP contribution in [0.4, 0.5) is 5.69 Å². The van der Waals surface area contributed by atoms with Crippen molar-refractivity contribution in [2.75, 3.05) is 11.9 Å². The third kappa shape index (κ3) is 3.37. The lowest BCUT2D eigenvalue weighted by Crippen LogP contribution is -2.13. The molecule has 0 atom stereocenters. The highest BCUT2D eigenvalue weighted by atomic mass is 16.5. The molecule has 4 rings (SSSR count). The first-order chi connectivity index (χ1) is 12.7. The van der Waals surface area contributed by atoms with Gasteiger partial charge >= 0.3 is 0 Å². The van der Waals surface area contributed by atoms with Gasteiger partial charge in [-0.3, -0.25) is 14.5 Å². The third-order valence-electron chi connectivity index (χ3n) is 4.75. The van der Waals surface area contributed by atoms with Gasteiger partial charge in [0.05, 0.1) is 24.0 Å². The average molecular weight is 351 g/mol. The van der Waals surface area contributed by atoms with Gasteiger partial charge < -0.3 is 10.1 Å². The molecular weight excluding hydrogens is 330 g/mol. The van der Waals surface area contributed by atoms with E-state index >= 15 is 0 Å². The molecule has 26 heavy (non-hydrogen) atoms. The fraction of sp³-hybridized carbons (Fsp3) is 0.368. The van der Waals surface area contributed by atoms with Crippen LogP contribution in [0.5, 0.6) is 5.88 Å². The van der Waals surface area contributed by atoms with E-state index in [0.29, 0.717) is 35.3 Å². The second-order valence-corrected chi connectivity index (χ2v) is 6.65. The summed E-state index contributed by atoms with van der Waals surface area (Å²) in [7, 11) is 1.84. The van der Waals surface area contributed by atoms with Crippen molar-refractivity contribution in [2.24, 2.45) is 13.0 Å². The number of fused-ring (bicyclic) bond motifs is 1. The molecule has 3 heterocycles. The van der Waals surface area contributed by atoms with Crippen LogP contribution in [-0.2, 0) is 7.05 Å². The molecule has 1 saturated carbocycles. The highest BCUT2D eigenvalue weighted by molar-refractivity contribution is 6.03. The number of amides is 1.